The van der Waals surface area contributed by atoms with E-state index in [-0.39, 0.29) is 5.97 Å². The lowest BCUT2D eigenvalue weighted by atomic mass is 10.1. The number of cyclic esters (lactones) is 1. The lowest BCUT2D eigenvalue weighted by Gasteiger charge is -2.17. The van der Waals surface area contributed by atoms with Crippen LogP contribution in [0.4, 0.5) is 0 Å². The largest absolute Gasteiger partial charge is 0.451 e. The van der Waals surface area contributed by atoms with E-state index in [4.69, 9.17) is 4.74 Å². The second-order valence-corrected chi connectivity index (χ2v) is 4.01. The Labute approximate surface area is 85.9 Å². The maximum absolute atomic E-state index is 10.8. The third-order valence-corrected chi connectivity index (χ3v) is 2.65. The van der Waals surface area contributed by atoms with Crippen LogP contribution in [0.25, 0.3) is 0 Å². The second-order valence-electron chi connectivity index (χ2n) is 3.10. The van der Waals surface area contributed by atoms with Crippen LogP contribution < -0.4 is 0 Å². The zero-order valence-electron chi connectivity index (χ0n) is 7.50. The SMILES string of the molecule is CCCC[C@H](O)[C@@H]1OC(=O)C=C1Br. The number of unbranched alkanes of at least 4 members (excludes halogenated alkanes) is 1. The highest BCUT2D eigenvalue weighted by atomic mass is 79.9. The van der Waals surface area contributed by atoms with Gasteiger partial charge in [0.1, 0.15) is 0 Å². The van der Waals surface area contributed by atoms with Crippen LogP contribution in [-0.2, 0) is 9.53 Å². The normalized spacial score (nSPS) is 24.1. The van der Waals surface area contributed by atoms with Gasteiger partial charge in [-0.05, 0) is 6.42 Å². The number of aliphatic hydroxyl groups is 1. The van der Waals surface area contributed by atoms with Gasteiger partial charge in [-0.25, -0.2) is 4.79 Å². The van der Waals surface area contributed by atoms with E-state index in [1.165, 1.54) is 6.08 Å². The van der Waals surface area contributed by atoms with E-state index < -0.39 is 12.2 Å². The van der Waals surface area contributed by atoms with Crippen LogP contribution in [0.15, 0.2) is 10.6 Å². The number of rotatable bonds is 4. The van der Waals surface area contributed by atoms with Crippen molar-refractivity contribution in [3.63, 3.8) is 0 Å². The molecule has 0 aromatic carbocycles. The van der Waals surface area contributed by atoms with Gasteiger partial charge in [0.05, 0.1) is 6.10 Å². The van der Waals surface area contributed by atoms with Crippen LogP contribution in [0.5, 0.6) is 0 Å². The summed E-state index contributed by atoms with van der Waals surface area (Å²) in [7, 11) is 0. The Balaban J connectivity index is 2.44. The van der Waals surface area contributed by atoms with Gasteiger partial charge in [-0.3, -0.25) is 0 Å². The molecule has 74 valence electrons. The van der Waals surface area contributed by atoms with Gasteiger partial charge in [0.25, 0.3) is 0 Å². The fraction of sp³-hybridized carbons (Fsp3) is 0.667. The van der Waals surface area contributed by atoms with Crippen LogP contribution in [0.2, 0.25) is 0 Å². The summed E-state index contributed by atoms with van der Waals surface area (Å²) in [6, 6.07) is 0. The number of aliphatic hydroxyl groups excluding tert-OH is 1. The molecule has 1 aliphatic rings. The number of carbonyl (C=O) groups excluding carboxylic acids is 1. The highest BCUT2D eigenvalue weighted by Crippen LogP contribution is 2.25. The first-order valence-electron chi connectivity index (χ1n) is 4.41. The van der Waals surface area contributed by atoms with E-state index in [0.29, 0.717) is 10.9 Å². The molecule has 0 unspecified atom stereocenters. The quantitative estimate of drug-likeness (QED) is 0.772. The molecule has 0 aromatic heterocycles. The summed E-state index contributed by atoms with van der Waals surface area (Å²) >= 11 is 3.19. The molecule has 1 N–H and O–H groups in total. The predicted molar refractivity (Wildman–Crippen MR) is 52.4 cm³/mol. The van der Waals surface area contributed by atoms with Crippen molar-refractivity contribution >= 4 is 21.9 Å². The molecule has 3 nitrogen and oxygen atoms in total. The summed E-state index contributed by atoms with van der Waals surface area (Å²) in [6.45, 7) is 2.05. The molecule has 2 atom stereocenters. The fourth-order valence-electron chi connectivity index (χ4n) is 1.24. The third kappa shape index (κ3) is 2.81. The molecule has 0 aliphatic carbocycles. The van der Waals surface area contributed by atoms with E-state index in [2.05, 4.69) is 22.9 Å². The summed E-state index contributed by atoms with van der Waals surface area (Å²) in [5.74, 6) is -0.382. The molecule has 0 saturated heterocycles. The maximum atomic E-state index is 10.8. The molecule has 0 bridgehead atoms. The van der Waals surface area contributed by atoms with Gasteiger partial charge in [-0.15, -0.1) is 0 Å². The molecule has 13 heavy (non-hydrogen) atoms. The zero-order chi connectivity index (χ0) is 9.84. The van der Waals surface area contributed by atoms with Crippen molar-refractivity contribution in [3.8, 4) is 0 Å². The fourth-order valence-corrected chi connectivity index (χ4v) is 1.82. The molecule has 1 aliphatic heterocycles. The van der Waals surface area contributed by atoms with E-state index in [1.54, 1.807) is 0 Å². The number of hydrogen-bond donors (Lipinski definition) is 1. The number of halogens is 1. The van der Waals surface area contributed by atoms with Crippen molar-refractivity contribution in [1.29, 1.82) is 0 Å². The highest BCUT2D eigenvalue weighted by molar-refractivity contribution is 9.11. The number of hydrogen-bond acceptors (Lipinski definition) is 3. The average Bonchev–Trinajstić information content (AvgIpc) is 2.41. The molecule has 0 radical (unpaired) electrons. The Morgan fingerprint density at radius 3 is 2.92 bits per heavy atom. The first-order chi connectivity index (χ1) is 6.15. The third-order valence-electron chi connectivity index (χ3n) is 1.97. The minimum atomic E-state index is -0.586. The minimum absolute atomic E-state index is 0.382. The van der Waals surface area contributed by atoms with Crippen LogP contribution in [0.1, 0.15) is 26.2 Å². The summed E-state index contributed by atoms with van der Waals surface area (Å²) in [4.78, 5) is 10.8. The van der Waals surface area contributed by atoms with Crippen molar-refractivity contribution in [2.24, 2.45) is 0 Å². The van der Waals surface area contributed by atoms with Crippen LogP contribution in [0.3, 0.4) is 0 Å². The average molecular weight is 249 g/mol. The topological polar surface area (TPSA) is 46.5 Å². The second kappa shape index (κ2) is 4.77. The summed E-state index contributed by atoms with van der Waals surface area (Å²) in [5, 5.41) is 9.62. The smallest absolute Gasteiger partial charge is 0.332 e. The number of esters is 1. The molecule has 0 spiro atoms. The first-order valence-corrected chi connectivity index (χ1v) is 5.20. The van der Waals surface area contributed by atoms with Crippen LogP contribution in [0, 0.1) is 0 Å². The van der Waals surface area contributed by atoms with Crippen molar-refractivity contribution in [1.82, 2.24) is 0 Å². The Bertz CT molecular complexity index is 225. The molecule has 1 rings (SSSR count). The van der Waals surface area contributed by atoms with E-state index >= 15 is 0 Å². The Kier molecular flexibility index (Phi) is 3.93. The molecule has 0 fully saturated rings. The van der Waals surface area contributed by atoms with Gasteiger partial charge in [0.15, 0.2) is 6.10 Å². The van der Waals surface area contributed by atoms with Crippen molar-refractivity contribution < 1.29 is 14.6 Å². The van der Waals surface area contributed by atoms with E-state index in [0.717, 1.165) is 12.8 Å². The van der Waals surface area contributed by atoms with Crippen molar-refractivity contribution in [2.75, 3.05) is 0 Å². The lowest BCUT2D eigenvalue weighted by Crippen LogP contribution is -2.27. The summed E-state index contributed by atoms with van der Waals surface area (Å²) in [6.07, 6.45) is 2.92. The molecule has 1 heterocycles. The summed E-state index contributed by atoms with van der Waals surface area (Å²) in [5.41, 5.74) is 0. The van der Waals surface area contributed by atoms with Gasteiger partial charge in [0.2, 0.25) is 0 Å². The van der Waals surface area contributed by atoms with Crippen molar-refractivity contribution in [3.05, 3.63) is 10.6 Å². The maximum Gasteiger partial charge on any atom is 0.332 e. The molecule has 4 heteroatoms. The minimum Gasteiger partial charge on any atom is -0.451 e. The molecule has 0 saturated carbocycles. The molecular formula is C9H13BrO3. The van der Waals surface area contributed by atoms with E-state index in [9.17, 15) is 9.90 Å². The Morgan fingerprint density at radius 1 is 1.77 bits per heavy atom. The van der Waals surface area contributed by atoms with Gasteiger partial charge in [-0.1, -0.05) is 35.7 Å². The van der Waals surface area contributed by atoms with Gasteiger partial charge < -0.3 is 9.84 Å². The van der Waals surface area contributed by atoms with Gasteiger partial charge in [0, 0.05) is 10.6 Å². The van der Waals surface area contributed by atoms with Crippen LogP contribution >= 0.6 is 15.9 Å². The predicted octanol–water partition coefficient (Wildman–Crippen LogP) is 1.74. The summed E-state index contributed by atoms with van der Waals surface area (Å²) < 4.78 is 5.54. The van der Waals surface area contributed by atoms with Crippen molar-refractivity contribution in [2.45, 2.75) is 38.4 Å². The molecule has 0 amide bonds. The number of carbonyl (C=O) groups is 1. The standard InChI is InChI=1S/C9H13BrO3/c1-2-3-4-7(11)9-6(10)5-8(12)13-9/h5,7,9,11H,2-4H2,1H3/t7-,9+/m0/s1. The molecule has 0 aromatic rings. The highest BCUT2D eigenvalue weighted by Gasteiger charge is 2.30. The Morgan fingerprint density at radius 2 is 2.46 bits per heavy atom. The van der Waals surface area contributed by atoms with Gasteiger partial charge in [-0.2, -0.15) is 0 Å². The van der Waals surface area contributed by atoms with Crippen LogP contribution in [-0.4, -0.2) is 23.3 Å². The monoisotopic (exact) mass is 248 g/mol. The van der Waals surface area contributed by atoms with Gasteiger partial charge >= 0.3 is 5.97 Å². The van der Waals surface area contributed by atoms with E-state index in [1.807, 2.05) is 0 Å². The molecular weight excluding hydrogens is 236 g/mol. The Hall–Kier alpha value is -0.350. The lowest BCUT2D eigenvalue weighted by molar-refractivity contribution is -0.142. The zero-order valence-corrected chi connectivity index (χ0v) is 9.08. The number of ether oxygens (including phenoxy) is 1. The first kappa shape index (κ1) is 10.7.